The molecule has 4 heterocycles. The van der Waals surface area contributed by atoms with Gasteiger partial charge in [0.1, 0.15) is 17.5 Å². The monoisotopic (exact) mass is 580 g/mol. The molecule has 2 fully saturated rings. The Bertz CT molecular complexity index is 1590. The Balaban J connectivity index is 1.43. The van der Waals surface area contributed by atoms with Crippen molar-refractivity contribution in [3.63, 3.8) is 0 Å². The number of likely N-dealkylation sites (tertiary alicyclic amines) is 1. The Labute approximate surface area is 236 Å². The van der Waals surface area contributed by atoms with Crippen LogP contribution in [0.5, 0.6) is 5.75 Å². The number of thiazole rings is 1. The van der Waals surface area contributed by atoms with Crippen LogP contribution in [0.1, 0.15) is 35.6 Å². The van der Waals surface area contributed by atoms with Gasteiger partial charge in [-0.05, 0) is 37.5 Å². The number of carbonyl (C=O) groups is 3. The van der Waals surface area contributed by atoms with Crippen LogP contribution < -0.4 is 9.77 Å². The maximum absolute atomic E-state index is 13.9. The summed E-state index contributed by atoms with van der Waals surface area (Å²) in [6.45, 7) is 1.10. The summed E-state index contributed by atoms with van der Waals surface area (Å²) >= 11 is 2.01. The number of nitro benzene ring substituents is 1. The number of thioether (sulfide) groups is 1. The van der Waals surface area contributed by atoms with Crippen molar-refractivity contribution in [2.24, 2.45) is 5.92 Å². The van der Waals surface area contributed by atoms with Crippen LogP contribution in [-0.2, 0) is 20.9 Å². The van der Waals surface area contributed by atoms with Crippen molar-refractivity contribution >= 4 is 52.2 Å². The highest BCUT2D eigenvalue weighted by molar-refractivity contribution is 8.00. The van der Waals surface area contributed by atoms with Crippen LogP contribution in [0.4, 0.5) is 11.4 Å². The number of aromatic hydroxyl groups is 1. The number of phenolic OH excluding ortho intramolecular Hbond substituents is 1. The molecule has 3 atom stereocenters. The number of anilines is 1. The van der Waals surface area contributed by atoms with Gasteiger partial charge in [-0.2, -0.15) is 0 Å². The largest absolute Gasteiger partial charge is 0.508 e. The van der Waals surface area contributed by atoms with Crippen LogP contribution in [0.15, 0.2) is 58.4 Å². The number of imide groups is 1. The number of hydrogen-bond donors (Lipinski definition) is 1. The lowest BCUT2D eigenvalue weighted by Gasteiger charge is -2.31. The zero-order valence-corrected chi connectivity index (χ0v) is 22.7. The summed E-state index contributed by atoms with van der Waals surface area (Å²) in [5, 5.41) is 21.4. The number of phenols is 1. The number of fused-ring (bicyclic) bond motifs is 2. The van der Waals surface area contributed by atoms with E-state index in [0.29, 0.717) is 28.6 Å². The SMILES string of the molecule is O=C(Cn1c2c(sc1=O)C(c1ccccc1O)C1C(=O)N(c3ccc([N+](=O)[O-])cc3)C(=O)C1S2)N1CCCCC1. The number of nitrogens with zero attached hydrogens (tertiary/aromatic N) is 4. The molecule has 3 aliphatic rings. The maximum atomic E-state index is 13.9. The molecule has 3 aliphatic heterocycles. The number of amides is 3. The summed E-state index contributed by atoms with van der Waals surface area (Å²) in [6, 6.07) is 11.7. The van der Waals surface area contributed by atoms with Crippen molar-refractivity contribution in [3.8, 4) is 5.75 Å². The lowest BCUT2D eigenvalue weighted by atomic mass is 9.82. The predicted molar refractivity (Wildman–Crippen MR) is 148 cm³/mol. The summed E-state index contributed by atoms with van der Waals surface area (Å²) in [4.78, 5) is 67.5. The second-order valence-corrected chi connectivity index (χ2v) is 12.1. The van der Waals surface area contributed by atoms with Crippen molar-refractivity contribution in [3.05, 3.63) is 78.8 Å². The number of rotatable bonds is 5. The molecule has 0 bridgehead atoms. The molecule has 0 spiro atoms. The topological polar surface area (TPSA) is 143 Å². The Morgan fingerprint density at radius 2 is 1.70 bits per heavy atom. The number of nitro groups is 1. The highest BCUT2D eigenvalue weighted by Gasteiger charge is 2.57. The third-order valence-corrected chi connectivity index (χ3v) is 10.2. The minimum Gasteiger partial charge on any atom is -0.508 e. The summed E-state index contributed by atoms with van der Waals surface area (Å²) in [5.41, 5.74) is 0.431. The first kappa shape index (κ1) is 26.3. The quantitative estimate of drug-likeness (QED) is 0.275. The molecule has 40 heavy (non-hydrogen) atoms. The predicted octanol–water partition coefficient (Wildman–Crippen LogP) is 3.33. The van der Waals surface area contributed by atoms with E-state index in [4.69, 9.17) is 0 Å². The molecule has 13 heteroatoms. The molecule has 0 aliphatic carbocycles. The van der Waals surface area contributed by atoms with E-state index in [0.717, 1.165) is 47.3 Å². The van der Waals surface area contributed by atoms with Crippen molar-refractivity contribution in [2.45, 2.75) is 42.0 Å². The zero-order valence-electron chi connectivity index (χ0n) is 21.1. The normalized spacial score (nSPS) is 22.2. The van der Waals surface area contributed by atoms with Crippen LogP contribution in [0, 0.1) is 16.0 Å². The molecule has 11 nitrogen and oxygen atoms in total. The number of carbonyl (C=O) groups excluding carboxylic acids is 3. The number of piperidine rings is 1. The lowest BCUT2D eigenvalue weighted by molar-refractivity contribution is -0.384. The van der Waals surface area contributed by atoms with Gasteiger partial charge in [-0.15, -0.1) is 0 Å². The van der Waals surface area contributed by atoms with E-state index in [9.17, 15) is 34.4 Å². The molecular weight excluding hydrogens is 556 g/mol. The van der Waals surface area contributed by atoms with Gasteiger partial charge in [0.05, 0.1) is 21.6 Å². The Hall–Kier alpha value is -3.97. The zero-order chi connectivity index (χ0) is 28.1. The molecule has 0 radical (unpaired) electrons. The van der Waals surface area contributed by atoms with Gasteiger partial charge >= 0.3 is 4.87 Å². The molecule has 3 aromatic rings. The average Bonchev–Trinajstić information content (AvgIpc) is 3.40. The van der Waals surface area contributed by atoms with E-state index in [-0.39, 0.29) is 34.4 Å². The van der Waals surface area contributed by atoms with E-state index in [1.807, 2.05) is 0 Å². The van der Waals surface area contributed by atoms with E-state index in [1.54, 1.807) is 23.1 Å². The summed E-state index contributed by atoms with van der Waals surface area (Å²) < 4.78 is 1.39. The molecule has 2 saturated heterocycles. The molecule has 6 rings (SSSR count). The van der Waals surface area contributed by atoms with E-state index in [2.05, 4.69) is 0 Å². The van der Waals surface area contributed by atoms with Crippen LogP contribution >= 0.6 is 23.1 Å². The third-order valence-electron chi connectivity index (χ3n) is 7.64. The minimum absolute atomic E-state index is 0.0741. The first-order valence-electron chi connectivity index (χ1n) is 12.8. The van der Waals surface area contributed by atoms with Crippen molar-refractivity contribution in [2.75, 3.05) is 18.0 Å². The van der Waals surface area contributed by atoms with Crippen LogP contribution in [0.2, 0.25) is 0 Å². The van der Waals surface area contributed by atoms with Crippen molar-refractivity contribution in [1.29, 1.82) is 0 Å². The summed E-state index contributed by atoms with van der Waals surface area (Å²) in [5.74, 6) is -3.02. The second-order valence-electron chi connectivity index (χ2n) is 9.95. The number of aromatic nitrogens is 1. The fraction of sp³-hybridized carbons (Fsp3) is 0.333. The summed E-state index contributed by atoms with van der Waals surface area (Å²) in [7, 11) is 0. The molecule has 206 valence electrons. The van der Waals surface area contributed by atoms with E-state index < -0.39 is 33.8 Å². The van der Waals surface area contributed by atoms with Crippen molar-refractivity contribution in [1.82, 2.24) is 9.47 Å². The first-order valence-corrected chi connectivity index (χ1v) is 14.5. The van der Waals surface area contributed by atoms with Gasteiger partial charge in [0.15, 0.2) is 0 Å². The Morgan fingerprint density at radius 3 is 2.38 bits per heavy atom. The molecule has 1 aromatic heterocycles. The van der Waals surface area contributed by atoms with Gasteiger partial charge < -0.3 is 10.0 Å². The van der Waals surface area contributed by atoms with Gasteiger partial charge in [-0.3, -0.25) is 33.9 Å². The van der Waals surface area contributed by atoms with E-state index in [1.165, 1.54) is 34.9 Å². The molecular formula is C27H24N4O7S2. The minimum atomic E-state index is -0.933. The molecule has 2 aromatic carbocycles. The Kier molecular flexibility index (Phi) is 6.70. The van der Waals surface area contributed by atoms with E-state index >= 15 is 0 Å². The van der Waals surface area contributed by atoms with Crippen LogP contribution in [0.3, 0.4) is 0 Å². The van der Waals surface area contributed by atoms with Gasteiger partial charge in [0, 0.05) is 41.6 Å². The lowest BCUT2D eigenvalue weighted by Crippen LogP contribution is -2.39. The Morgan fingerprint density at radius 1 is 1.00 bits per heavy atom. The standard InChI is InChI=1S/C27H24N4O7S2/c32-18-7-3-2-6-17(18)20-21-22(25(35)30(24(21)34)15-8-10-16(11-9-15)31(37)38)39-26-23(20)40-27(36)29(26)14-19(33)28-12-4-1-5-13-28/h2-3,6-11,20-22,32H,1,4-5,12-14H2. The number of para-hydroxylation sites is 1. The second kappa shape index (κ2) is 10.2. The van der Waals surface area contributed by atoms with Gasteiger partial charge in [-0.25, -0.2) is 4.90 Å². The molecule has 3 unspecified atom stereocenters. The fourth-order valence-corrected chi connectivity index (χ4v) is 8.46. The molecule has 1 N–H and O–H groups in total. The summed E-state index contributed by atoms with van der Waals surface area (Å²) in [6.07, 6.45) is 2.87. The van der Waals surface area contributed by atoms with Crippen LogP contribution in [-0.4, -0.2) is 55.6 Å². The van der Waals surface area contributed by atoms with Gasteiger partial charge in [-0.1, -0.05) is 41.3 Å². The number of benzene rings is 2. The van der Waals surface area contributed by atoms with Crippen molar-refractivity contribution < 1.29 is 24.4 Å². The number of non-ortho nitro benzene ring substituents is 1. The molecule has 0 saturated carbocycles. The maximum Gasteiger partial charge on any atom is 0.308 e. The highest BCUT2D eigenvalue weighted by atomic mass is 32.2. The fourth-order valence-electron chi connectivity index (χ4n) is 5.70. The third kappa shape index (κ3) is 4.29. The van der Waals surface area contributed by atoms with Crippen LogP contribution in [0.25, 0.3) is 0 Å². The number of hydrogen-bond acceptors (Lipinski definition) is 9. The smallest absolute Gasteiger partial charge is 0.308 e. The molecule has 3 amide bonds. The van der Waals surface area contributed by atoms with Gasteiger partial charge in [0.2, 0.25) is 17.7 Å². The first-order chi connectivity index (χ1) is 19.3. The average molecular weight is 581 g/mol. The van der Waals surface area contributed by atoms with Gasteiger partial charge in [0.25, 0.3) is 5.69 Å². The highest BCUT2D eigenvalue weighted by Crippen LogP contribution is 2.55.